The van der Waals surface area contributed by atoms with E-state index in [0.29, 0.717) is 0 Å². The topological polar surface area (TPSA) is 34.0 Å². The van der Waals surface area contributed by atoms with Crippen LogP contribution in [-0.2, 0) is 11.3 Å². The highest BCUT2D eigenvalue weighted by Gasteiger charge is 2.21. The molecule has 22 heavy (non-hydrogen) atoms. The Hall–Kier alpha value is -2.29. The number of anilines is 1. The van der Waals surface area contributed by atoms with E-state index in [2.05, 4.69) is 53.2 Å². The van der Waals surface area contributed by atoms with Crippen molar-refractivity contribution in [2.45, 2.75) is 34.2 Å². The lowest BCUT2D eigenvalue weighted by molar-refractivity contribution is -0.123. The SMILES string of the molecule is CCn1c2ccccc2c2cc(NC(=O)C(C)(C)C)ccc21. The molecule has 114 valence electrons. The Labute approximate surface area is 130 Å². The number of carbonyl (C=O) groups is 1. The van der Waals surface area contributed by atoms with Gasteiger partial charge in [-0.3, -0.25) is 4.79 Å². The van der Waals surface area contributed by atoms with Gasteiger partial charge in [0.15, 0.2) is 0 Å². The maximum Gasteiger partial charge on any atom is 0.229 e. The van der Waals surface area contributed by atoms with Gasteiger partial charge in [0.25, 0.3) is 0 Å². The van der Waals surface area contributed by atoms with Crippen molar-refractivity contribution in [3.05, 3.63) is 42.5 Å². The highest BCUT2D eigenvalue weighted by atomic mass is 16.2. The minimum absolute atomic E-state index is 0.0334. The number of amides is 1. The molecule has 0 spiro atoms. The standard InChI is InChI=1S/C19H22N2O/c1-5-21-16-9-7-6-8-14(16)15-12-13(10-11-17(15)21)20-18(22)19(2,3)4/h6-12H,5H2,1-4H3,(H,20,22). The third-order valence-corrected chi connectivity index (χ3v) is 4.03. The van der Waals surface area contributed by atoms with Crippen LogP contribution in [0.5, 0.6) is 0 Å². The molecule has 0 saturated carbocycles. The maximum absolute atomic E-state index is 12.2. The first-order valence-corrected chi connectivity index (χ1v) is 7.74. The summed E-state index contributed by atoms with van der Waals surface area (Å²) < 4.78 is 2.31. The Morgan fingerprint density at radius 3 is 2.41 bits per heavy atom. The second-order valence-electron chi connectivity index (χ2n) is 6.70. The summed E-state index contributed by atoms with van der Waals surface area (Å²) in [5, 5.41) is 5.43. The third-order valence-electron chi connectivity index (χ3n) is 4.03. The highest BCUT2D eigenvalue weighted by Crippen LogP contribution is 2.31. The van der Waals surface area contributed by atoms with Crippen LogP contribution in [0.3, 0.4) is 0 Å². The monoisotopic (exact) mass is 294 g/mol. The van der Waals surface area contributed by atoms with Crippen LogP contribution in [0.15, 0.2) is 42.5 Å². The molecule has 3 heteroatoms. The van der Waals surface area contributed by atoms with Crippen molar-refractivity contribution in [2.75, 3.05) is 5.32 Å². The van der Waals surface area contributed by atoms with Gasteiger partial charge in [-0.05, 0) is 31.2 Å². The molecule has 1 N–H and O–H groups in total. The van der Waals surface area contributed by atoms with Gasteiger partial charge in [-0.2, -0.15) is 0 Å². The number of nitrogens with zero attached hydrogens (tertiary/aromatic N) is 1. The lowest BCUT2D eigenvalue weighted by atomic mass is 9.95. The average Bonchev–Trinajstić information content (AvgIpc) is 2.79. The molecule has 1 amide bonds. The zero-order valence-corrected chi connectivity index (χ0v) is 13.6. The molecule has 1 heterocycles. The molecule has 0 atom stereocenters. The van der Waals surface area contributed by atoms with Gasteiger partial charge in [-0.1, -0.05) is 39.0 Å². The van der Waals surface area contributed by atoms with Crippen LogP contribution < -0.4 is 5.32 Å². The summed E-state index contributed by atoms with van der Waals surface area (Å²) in [6.45, 7) is 8.84. The van der Waals surface area contributed by atoms with Crippen molar-refractivity contribution in [1.29, 1.82) is 0 Å². The van der Waals surface area contributed by atoms with E-state index in [-0.39, 0.29) is 5.91 Å². The molecule has 0 fully saturated rings. The lowest BCUT2D eigenvalue weighted by Gasteiger charge is -2.17. The van der Waals surface area contributed by atoms with Crippen molar-refractivity contribution in [2.24, 2.45) is 5.41 Å². The summed E-state index contributed by atoms with van der Waals surface area (Å²) in [6.07, 6.45) is 0. The molecule has 0 saturated heterocycles. The molecule has 0 bridgehead atoms. The average molecular weight is 294 g/mol. The molecule has 0 unspecified atom stereocenters. The van der Waals surface area contributed by atoms with Crippen LogP contribution in [0, 0.1) is 5.41 Å². The van der Waals surface area contributed by atoms with Crippen molar-refractivity contribution in [3.8, 4) is 0 Å². The van der Waals surface area contributed by atoms with Gasteiger partial charge >= 0.3 is 0 Å². The van der Waals surface area contributed by atoms with Crippen molar-refractivity contribution >= 4 is 33.4 Å². The third kappa shape index (κ3) is 2.37. The second kappa shape index (κ2) is 5.16. The van der Waals surface area contributed by atoms with Crippen LogP contribution >= 0.6 is 0 Å². The predicted molar refractivity (Wildman–Crippen MR) is 93.2 cm³/mol. The molecule has 3 nitrogen and oxygen atoms in total. The van der Waals surface area contributed by atoms with E-state index < -0.39 is 5.41 Å². The van der Waals surface area contributed by atoms with Crippen molar-refractivity contribution < 1.29 is 4.79 Å². The molecule has 0 aliphatic heterocycles. The fourth-order valence-corrected chi connectivity index (χ4v) is 2.79. The van der Waals surface area contributed by atoms with Crippen LogP contribution in [0.1, 0.15) is 27.7 Å². The quantitative estimate of drug-likeness (QED) is 0.724. The molecule has 1 aromatic heterocycles. The second-order valence-corrected chi connectivity index (χ2v) is 6.70. The molecule has 0 radical (unpaired) electrons. The Balaban J connectivity index is 2.14. The van der Waals surface area contributed by atoms with Gasteiger partial charge in [0.05, 0.1) is 0 Å². The zero-order chi connectivity index (χ0) is 15.9. The fraction of sp³-hybridized carbons (Fsp3) is 0.316. The Kier molecular flexibility index (Phi) is 3.44. The first kappa shape index (κ1) is 14.6. The predicted octanol–water partition coefficient (Wildman–Crippen LogP) is 4.80. The van der Waals surface area contributed by atoms with Crippen LogP contribution in [0.2, 0.25) is 0 Å². The summed E-state index contributed by atoms with van der Waals surface area (Å²) in [6, 6.07) is 14.6. The number of aryl methyl sites for hydroxylation is 1. The summed E-state index contributed by atoms with van der Waals surface area (Å²) >= 11 is 0. The van der Waals surface area contributed by atoms with Crippen LogP contribution in [-0.4, -0.2) is 10.5 Å². The molecular weight excluding hydrogens is 272 g/mol. The van der Waals surface area contributed by atoms with E-state index in [1.165, 1.54) is 21.8 Å². The van der Waals surface area contributed by atoms with E-state index >= 15 is 0 Å². The van der Waals surface area contributed by atoms with Gasteiger partial charge in [-0.15, -0.1) is 0 Å². The zero-order valence-electron chi connectivity index (χ0n) is 13.6. The Morgan fingerprint density at radius 1 is 1.05 bits per heavy atom. The smallest absolute Gasteiger partial charge is 0.229 e. The number of fused-ring (bicyclic) bond motifs is 3. The summed E-state index contributed by atoms with van der Waals surface area (Å²) in [4.78, 5) is 12.2. The number of benzene rings is 2. The molecule has 3 rings (SSSR count). The first-order chi connectivity index (χ1) is 10.4. The van der Waals surface area contributed by atoms with E-state index in [1.807, 2.05) is 26.8 Å². The molecule has 2 aromatic carbocycles. The number of nitrogens with one attached hydrogen (secondary N) is 1. The van der Waals surface area contributed by atoms with Gasteiger partial charge < -0.3 is 9.88 Å². The van der Waals surface area contributed by atoms with Crippen molar-refractivity contribution in [1.82, 2.24) is 4.57 Å². The van der Waals surface area contributed by atoms with E-state index in [1.54, 1.807) is 0 Å². The number of carbonyl (C=O) groups excluding carboxylic acids is 1. The number of para-hydroxylation sites is 1. The largest absolute Gasteiger partial charge is 0.341 e. The van der Waals surface area contributed by atoms with E-state index in [9.17, 15) is 4.79 Å². The van der Waals surface area contributed by atoms with Crippen LogP contribution in [0.4, 0.5) is 5.69 Å². The Bertz CT molecular complexity index is 853. The number of hydrogen-bond donors (Lipinski definition) is 1. The molecule has 0 aliphatic carbocycles. The lowest BCUT2D eigenvalue weighted by Crippen LogP contribution is -2.27. The molecule has 3 aromatic rings. The Morgan fingerprint density at radius 2 is 1.73 bits per heavy atom. The summed E-state index contributed by atoms with van der Waals surface area (Å²) in [5.74, 6) is 0.0334. The van der Waals surface area contributed by atoms with Gasteiger partial charge in [0.1, 0.15) is 0 Å². The number of hydrogen-bond acceptors (Lipinski definition) is 1. The first-order valence-electron chi connectivity index (χ1n) is 7.74. The molecule has 0 aliphatic rings. The summed E-state index contributed by atoms with van der Waals surface area (Å²) in [5.41, 5.74) is 2.90. The normalized spacial score (nSPS) is 12.0. The van der Waals surface area contributed by atoms with Crippen molar-refractivity contribution in [3.63, 3.8) is 0 Å². The number of rotatable bonds is 2. The summed E-state index contributed by atoms with van der Waals surface area (Å²) in [7, 11) is 0. The number of aromatic nitrogens is 1. The van der Waals surface area contributed by atoms with E-state index in [0.717, 1.165) is 12.2 Å². The highest BCUT2D eigenvalue weighted by molar-refractivity contribution is 6.10. The minimum Gasteiger partial charge on any atom is -0.341 e. The van der Waals surface area contributed by atoms with Gasteiger partial charge in [0, 0.05) is 39.5 Å². The minimum atomic E-state index is -0.396. The maximum atomic E-state index is 12.2. The van der Waals surface area contributed by atoms with Crippen LogP contribution in [0.25, 0.3) is 21.8 Å². The fourth-order valence-electron chi connectivity index (χ4n) is 2.79. The molecular formula is C19H22N2O. The van der Waals surface area contributed by atoms with Gasteiger partial charge in [-0.25, -0.2) is 0 Å². The van der Waals surface area contributed by atoms with Gasteiger partial charge in [0.2, 0.25) is 5.91 Å². The van der Waals surface area contributed by atoms with E-state index in [4.69, 9.17) is 0 Å².